The number of carbonyl (C=O) groups is 1. The normalized spacial score (nSPS) is 11.9. The smallest absolute Gasteiger partial charge is 0.347 e. The molecule has 0 aliphatic heterocycles. The van der Waals surface area contributed by atoms with Crippen molar-refractivity contribution in [2.75, 3.05) is 6.61 Å². The lowest BCUT2D eigenvalue weighted by Crippen LogP contribution is -2.26. The average Bonchev–Trinajstić information content (AvgIpc) is 2.63. The summed E-state index contributed by atoms with van der Waals surface area (Å²) in [5.41, 5.74) is 1.12. The molecule has 128 valence electrons. The summed E-state index contributed by atoms with van der Waals surface area (Å²) >= 11 is 0. The number of fused-ring (bicyclic) bond motifs is 1. The third kappa shape index (κ3) is 3.71. The minimum atomic E-state index is -0.756. The van der Waals surface area contributed by atoms with Crippen LogP contribution in [0.3, 0.4) is 0 Å². The van der Waals surface area contributed by atoms with E-state index in [1.54, 1.807) is 32.0 Å². The van der Waals surface area contributed by atoms with Crippen molar-refractivity contribution >= 4 is 16.9 Å². The first-order valence-electron chi connectivity index (χ1n) is 8.05. The van der Waals surface area contributed by atoms with Crippen LogP contribution >= 0.6 is 0 Å². The second-order valence-electron chi connectivity index (χ2n) is 5.51. The Morgan fingerprint density at radius 2 is 1.88 bits per heavy atom. The van der Waals surface area contributed by atoms with Gasteiger partial charge >= 0.3 is 5.97 Å². The monoisotopic (exact) mass is 338 g/mol. The van der Waals surface area contributed by atoms with Crippen LogP contribution in [0.4, 0.5) is 0 Å². The SMILES string of the molecule is CCOC(=O)C(C)Oc1ccc2oc(-c3ccccc3)cc(=O)c2c1. The van der Waals surface area contributed by atoms with Gasteiger partial charge in [0.25, 0.3) is 0 Å². The molecule has 0 bridgehead atoms. The molecule has 1 unspecified atom stereocenters. The van der Waals surface area contributed by atoms with Crippen LogP contribution in [0.2, 0.25) is 0 Å². The highest BCUT2D eigenvalue weighted by molar-refractivity contribution is 5.80. The van der Waals surface area contributed by atoms with E-state index in [4.69, 9.17) is 13.9 Å². The molecule has 0 spiro atoms. The third-order valence-corrected chi connectivity index (χ3v) is 3.69. The van der Waals surface area contributed by atoms with Crippen LogP contribution < -0.4 is 10.2 Å². The van der Waals surface area contributed by atoms with Gasteiger partial charge in [0.15, 0.2) is 11.5 Å². The van der Waals surface area contributed by atoms with Crippen molar-refractivity contribution in [3.05, 3.63) is 64.8 Å². The molecule has 0 radical (unpaired) electrons. The Kier molecular flexibility index (Phi) is 4.84. The van der Waals surface area contributed by atoms with Gasteiger partial charge < -0.3 is 13.9 Å². The van der Waals surface area contributed by atoms with Crippen molar-refractivity contribution in [1.82, 2.24) is 0 Å². The molecule has 2 aromatic carbocycles. The van der Waals surface area contributed by atoms with E-state index in [-0.39, 0.29) is 12.0 Å². The molecule has 0 fully saturated rings. The molecule has 0 aliphatic carbocycles. The largest absolute Gasteiger partial charge is 0.479 e. The van der Waals surface area contributed by atoms with Crippen LogP contribution in [-0.2, 0) is 9.53 Å². The van der Waals surface area contributed by atoms with Crippen molar-refractivity contribution in [3.8, 4) is 17.1 Å². The van der Waals surface area contributed by atoms with E-state index < -0.39 is 12.1 Å². The Morgan fingerprint density at radius 3 is 2.60 bits per heavy atom. The molecule has 3 rings (SSSR count). The number of rotatable bonds is 5. The molecule has 1 aromatic heterocycles. The van der Waals surface area contributed by atoms with Crippen molar-refractivity contribution in [2.24, 2.45) is 0 Å². The Morgan fingerprint density at radius 1 is 1.12 bits per heavy atom. The molecule has 5 heteroatoms. The fourth-order valence-corrected chi connectivity index (χ4v) is 2.47. The molecule has 0 saturated carbocycles. The molecule has 1 atom stereocenters. The minimum Gasteiger partial charge on any atom is -0.479 e. The zero-order valence-corrected chi connectivity index (χ0v) is 14.0. The van der Waals surface area contributed by atoms with E-state index in [0.717, 1.165) is 5.56 Å². The van der Waals surface area contributed by atoms with E-state index in [0.29, 0.717) is 22.5 Å². The van der Waals surface area contributed by atoms with Crippen LogP contribution in [0.15, 0.2) is 63.8 Å². The van der Waals surface area contributed by atoms with Crippen molar-refractivity contribution in [3.63, 3.8) is 0 Å². The topological polar surface area (TPSA) is 65.7 Å². The quantitative estimate of drug-likeness (QED) is 0.662. The highest BCUT2D eigenvalue weighted by Gasteiger charge is 2.16. The summed E-state index contributed by atoms with van der Waals surface area (Å²) in [5, 5.41) is 0.397. The van der Waals surface area contributed by atoms with Gasteiger partial charge in [-0.1, -0.05) is 30.3 Å². The Bertz CT molecular complexity index is 943. The molecule has 0 N–H and O–H groups in total. The van der Waals surface area contributed by atoms with Crippen molar-refractivity contribution in [1.29, 1.82) is 0 Å². The maximum absolute atomic E-state index is 12.4. The summed E-state index contributed by atoms with van der Waals surface area (Å²) in [6.07, 6.45) is -0.756. The Hall–Kier alpha value is -3.08. The van der Waals surface area contributed by atoms with Gasteiger partial charge in [0.05, 0.1) is 12.0 Å². The van der Waals surface area contributed by atoms with Crippen molar-refractivity contribution < 1.29 is 18.7 Å². The fraction of sp³-hybridized carbons (Fsp3) is 0.200. The summed E-state index contributed by atoms with van der Waals surface area (Å²) in [6.45, 7) is 3.62. The van der Waals surface area contributed by atoms with E-state index in [1.165, 1.54) is 6.07 Å². The molecular formula is C20H18O5. The summed E-state index contributed by atoms with van der Waals surface area (Å²) in [6, 6.07) is 15.8. The van der Waals surface area contributed by atoms with E-state index in [1.807, 2.05) is 30.3 Å². The number of esters is 1. The van der Waals surface area contributed by atoms with Crippen LogP contribution in [-0.4, -0.2) is 18.7 Å². The Balaban J connectivity index is 1.93. The highest BCUT2D eigenvalue weighted by Crippen LogP contribution is 2.25. The van der Waals surface area contributed by atoms with E-state index in [2.05, 4.69) is 0 Å². The molecule has 0 saturated heterocycles. The zero-order chi connectivity index (χ0) is 17.8. The highest BCUT2D eigenvalue weighted by atomic mass is 16.6. The maximum atomic E-state index is 12.4. The van der Waals surface area contributed by atoms with Gasteiger partial charge in [-0.3, -0.25) is 4.79 Å². The number of carbonyl (C=O) groups excluding carboxylic acids is 1. The summed E-state index contributed by atoms with van der Waals surface area (Å²) in [4.78, 5) is 24.1. The van der Waals surface area contributed by atoms with Gasteiger partial charge in [0.1, 0.15) is 17.1 Å². The van der Waals surface area contributed by atoms with Gasteiger partial charge in [-0.15, -0.1) is 0 Å². The lowest BCUT2D eigenvalue weighted by Gasteiger charge is -2.13. The van der Waals surface area contributed by atoms with Crippen molar-refractivity contribution in [2.45, 2.75) is 20.0 Å². The van der Waals surface area contributed by atoms with E-state index >= 15 is 0 Å². The van der Waals surface area contributed by atoms with Crippen LogP contribution in [0, 0.1) is 0 Å². The van der Waals surface area contributed by atoms with Crippen LogP contribution in [0.5, 0.6) is 5.75 Å². The molecule has 0 amide bonds. The number of hydrogen-bond donors (Lipinski definition) is 0. The lowest BCUT2D eigenvalue weighted by molar-refractivity contribution is -0.150. The van der Waals surface area contributed by atoms with Gasteiger partial charge in [-0.05, 0) is 32.0 Å². The predicted molar refractivity (Wildman–Crippen MR) is 94.6 cm³/mol. The van der Waals surface area contributed by atoms with Gasteiger partial charge in [-0.25, -0.2) is 4.79 Å². The predicted octanol–water partition coefficient (Wildman–Crippen LogP) is 3.79. The molecule has 5 nitrogen and oxygen atoms in total. The second kappa shape index (κ2) is 7.21. The number of benzene rings is 2. The first kappa shape index (κ1) is 16.8. The second-order valence-corrected chi connectivity index (χ2v) is 5.51. The molecule has 25 heavy (non-hydrogen) atoms. The minimum absolute atomic E-state index is 0.172. The van der Waals surface area contributed by atoms with Crippen LogP contribution in [0.25, 0.3) is 22.3 Å². The molecule has 3 aromatic rings. The summed E-state index contributed by atoms with van der Waals surface area (Å²) in [7, 11) is 0. The van der Waals surface area contributed by atoms with Gasteiger partial charge in [-0.2, -0.15) is 0 Å². The van der Waals surface area contributed by atoms with Gasteiger partial charge in [0, 0.05) is 11.6 Å². The molecule has 1 heterocycles. The third-order valence-electron chi connectivity index (χ3n) is 3.69. The average molecular weight is 338 g/mol. The summed E-state index contributed by atoms with van der Waals surface area (Å²) < 4.78 is 16.3. The maximum Gasteiger partial charge on any atom is 0.347 e. The zero-order valence-electron chi connectivity index (χ0n) is 14.0. The van der Waals surface area contributed by atoms with Gasteiger partial charge in [0.2, 0.25) is 0 Å². The number of hydrogen-bond acceptors (Lipinski definition) is 5. The Labute approximate surface area is 144 Å². The lowest BCUT2D eigenvalue weighted by atomic mass is 10.1. The first-order chi connectivity index (χ1) is 12.1. The molecule has 0 aliphatic rings. The standard InChI is InChI=1S/C20H18O5/c1-3-23-20(22)13(2)24-15-9-10-18-16(11-15)17(21)12-19(25-18)14-7-5-4-6-8-14/h4-13H,3H2,1-2H3. The summed E-state index contributed by atoms with van der Waals surface area (Å²) in [5.74, 6) is 0.466. The van der Waals surface area contributed by atoms with Crippen LogP contribution in [0.1, 0.15) is 13.8 Å². The first-order valence-corrected chi connectivity index (χ1v) is 8.05. The molecular weight excluding hydrogens is 320 g/mol. The fourth-order valence-electron chi connectivity index (χ4n) is 2.47. The van der Waals surface area contributed by atoms with E-state index in [9.17, 15) is 9.59 Å². The number of ether oxygens (including phenoxy) is 2.